The van der Waals surface area contributed by atoms with Gasteiger partial charge in [-0.15, -0.1) is 0 Å². The van der Waals surface area contributed by atoms with Gasteiger partial charge in [0.2, 0.25) is 0 Å². The minimum atomic E-state index is -4.56. The predicted molar refractivity (Wildman–Crippen MR) is 72.3 cm³/mol. The molecule has 0 saturated carbocycles. The SMILES string of the molecule is COC(=O)c1ccc(C2CCN(C)CC2)cc1C(F)(F)F. The highest BCUT2D eigenvalue weighted by Gasteiger charge is 2.36. The molecule has 0 atom stereocenters. The van der Waals surface area contributed by atoms with Crippen LogP contribution in [-0.4, -0.2) is 38.1 Å². The van der Waals surface area contributed by atoms with Crippen LogP contribution in [-0.2, 0) is 10.9 Å². The Morgan fingerprint density at radius 1 is 1.29 bits per heavy atom. The second-order valence-electron chi connectivity index (χ2n) is 5.37. The van der Waals surface area contributed by atoms with E-state index in [0.717, 1.165) is 39.1 Å². The molecule has 0 unspecified atom stereocenters. The van der Waals surface area contributed by atoms with Crippen LogP contribution in [0.15, 0.2) is 18.2 Å². The summed E-state index contributed by atoms with van der Waals surface area (Å²) in [6, 6.07) is 3.93. The Labute approximate surface area is 121 Å². The zero-order valence-electron chi connectivity index (χ0n) is 12.0. The van der Waals surface area contributed by atoms with Crippen molar-refractivity contribution in [3.8, 4) is 0 Å². The van der Waals surface area contributed by atoms with Crippen LogP contribution < -0.4 is 0 Å². The van der Waals surface area contributed by atoms with E-state index in [4.69, 9.17) is 0 Å². The molecular formula is C15H18F3NO2. The Morgan fingerprint density at radius 3 is 2.43 bits per heavy atom. The molecule has 116 valence electrons. The average Bonchev–Trinajstić information content (AvgIpc) is 2.46. The van der Waals surface area contributed by atoms with E-state index in [2.05, 4.69) is 9.64 Å². The van der Waals surface area contributed by atoms with E-state index in [1.165, 1.54) is 6.07 Å². The van der Waals surface area contributed by atoms with E-state index in [1.807, 2.05) is 7.05 Å². The molecule has 0 bridgehead atoms. The fourth-order valence-corrected chi connectivity index (χ4v) is 2.68. The Bertz CT molecular complexity index is 520. The number of halogens is 3. The number of rotatable bonds is 2. The van der Waals surface area contributed by atoms with Crippen LogP contribution in [0, 0.1) is 0 Å². The molecule has 2 rings (SSSR count). The molecule has 1 aromatic rings. The quantitative estimate of drug-likeness (QED) is 0.785. The molecule has 0 aliphatic carbocycles. The third-order valence-electron chi connectivity index (χ3n) is 3.94. The van der Waals surface area contributed by atoms with Gasteiger partial charge in [-0.25, -0.2) is 4.79 Å². The van der Waals surface area contributed by atoms with Crippen molar-refractivity contribution >= 4 is 5.97 Å². The first-order valence-corrected chi connectivity index (χ1v) is 6.81. The fraction of sp³-hybridized carbons (Fsp3) is 0.533. The van der Waals surface area contributed by atoms with E-state index >= 15 is 0 Å². The van der Waals surface area contributed by atoms with Gasteiger partial charge in [0.25, 0.3) is 0 Å². The molecular weight excluding hydrogens is 283 g/mol. The lowest BCUT2D eigenvalue weighted by Crippen LogP contribution is -2.29. The van der Waals surface area contributed by atoms with Crippen LogP contribution in [0.2, 0.25) is 0 Å². The second-order valence-corrected chi connectivity index (χ2v) is 5.37. The summed E-state index contributed by atoms with van der Waals surface area (Å²) in [7, 11) is 3.07. The highest BCUT2D eigenvalue weighted by Crippen LogP contribution is 2.36. The van der Waals surface area contributed by atoms with Gasteiger partial charge < -0.3 is 9.64 Å². The van der Waals surface area contributed by atoms with Crippen molar-refractivity contribution in [2.75, 3.05) is 27.2 Å². The molecule has 0 radical (unpaired) electrons. The predicted octanol–water partition coefficient (Wildman–Crippen LogP) is 3.30. The van der Waals surface area contributed by atoms with Gasteiger partial charge in [0, 0.05) is 0 Å². The number of hydrogen-bond acceptors (Lipinski definition) is 3. The smallest absolute Gasteiger partial charge is 0.417 e. The number of carbonyl (C=O) groups excluding carboxylic acids is 1. The lowest BCUT2D eigenvalue weighted by Gasteiger charge is -2.29. The van der Waals surface area contributed by atoms with Gasteiger partial charge in [0.1, 0.15) is 0 Å². The minimum Gasteiger partial charge on any atom is -0.465 e. The van der Waals surface area contributed by atoms with Crippen LogP contribution in [0.1, 0.15) is 40.2 Å². The first-order chi connectivity index (χ1) is 9.82. The third kappa shape index (κ3) is 3.56. The van der Waals surface area contributed by atoms with Crippen LogP contribution in [0.5, 0.6) is 0 Å². The number of alkyl halides is 3. The maximum absolute atomic E-state index is 13.1. The van der Waals surface area contributed by atoms with E-state index < -0.39 is 23.3 Å². The summed E-state index contributed by atoms with van der Waals surface area (Å²) in [6.45, 7) is 1.73. The van der Waals surface area contributed by atoms with Gasteiger partial charge >= 0.3 is 12.1 Å². The zero-order chi connectivity index (χ0) is 15.6. The van der Waals surface area contributed by atoms with Crippen LogP contribution in [0.25, 0.3) is 0 Å². The summed E-state index contributed by atoms with van der Waals surface area (Å²) < 4.78 is 43.8. The Morgan fingerprint density at radius 2 is 1.90 bits per heavy atom. The van der Waals surface area contributed by atoms with Gasteiger partial charge in [-0.2, -0.15) is 13.2 Å². The topological polar surface area (TPSA) is 29.5 Å². The van der Waals surface area contributed by atoms with Gasteiger partial charge in [-0.3, -0.25) is 0 Å². The number of nitrogens with zero attached hydrogens (tertiary/aromatic N) is 1. The van der Waals surface area contributed by atoms with Crippen molar-refractivity contribution in [3.05, 3.63) is 34.9 Å². The standard InChI is InChI=1S/C15H18F3NO2/c1-19-7-5-10(6-8-19)11-3-4-12(14(20)21-2)13(9-11)15(16,17)18/h3-4,9-10H,5-8H2,1-2H3. The first-order valence-electron chi connectivity index (χ1n) is 6.81. The zero-order valence-corrected chi connectivity index (χ0v) is 12.0. The van der Waals surface area contributed by atoms with E-state index in [1.54, 1.807) is 6.07 Å². The van der Waals surface area contributed by atoms with Crippen molar-refractivity contribution < 1.29 is 22.7 Å². The number of hydrogen-bond donors (Lipinski definition) is 0. The number of piperidine rings is 1. The normalized spacial score (nSPS) is 17.8. The largest absolute Gasteiger partial charge is 0.465 e. The summed E-state index contributed by atoms with van der Waals surface area (Å²) >= 11 is 0. The summed E-state index contributed by atoms with van der Waals surface area (Å²) in [5.41, 5.74) is -0.699. The van der Waals surface area contributed by atoms with E-state index in [-0.39, 0.29) is 5.92 Å². The number of likely N-dealkylation sites (tertiary alicyclic amines) is 1. The molecule has 6 heteroatoms. The van der Waals surface area contributed by atoms with Crippen molar-refractivity contribution in [2.45, 2.75) is 24.9 Å². The molecule has 1 aliphatic heterocycles. The molecule has 21 heavy (non-hydrogen) atoms. The number of carbonyl (C=O) groups is 1. The first kappa shape index (κ1) is 15.8. The van der Waals surface area contributed by atoms with Gasteiger partial charge in [-0.05, 0) is 56.6 Å². The third-order valence-corrected chi connectivity index (χ3v) is 3.94. The van der Waals surface area contributed by atoms with Crippen molar-refractivity contribution in [1.82, 2.24) is 4.90 Å². The Kier molecular flexibility index (Phi) is 4.56. The van der Waals surface area contributed by atoms with Gasteiger partial charge in [-0.1, -0.05) is 6.07 Å². The molecule has 0 aromatic heterocycles. The maximum atomic E-state index is 13.1. The summed E-state index contributed by atoms with van der Waals surface area (Å²) in [5.74, 6) is -0.855. The number of benzene rings is 1. The Balaban J connectivity index is 2.35. The minimum absolute atomic E-state index is 0.106. The van der Waals surface area contributed by atoms with Crippen molar-refractivity contribution in [3.63, 3.8) is 0 Å². The van der Waals surface area contributed by atoms with E-state index in [9.17, 15) is 18.0 Å². The number of ether oxygens (including phenoxy) is 1. The van der Waals surface area contributed by atoms with Crippen LogP contribution in [0.4, 0.5) is 13.2 Å². The average molecular weight is 301 g/mol. The van der Waals surface area contributed by atoms with Crippen molar-refractivity contribution in [2.24, 2.45) is 0 Å². The molecule has 1 aliphatic rings. The highest BCUT2D eigenvalue weighted by atomic mass is 19.4. The Hall–Kier alpha value is -1.56. The van der Waals surface area contributed by atoms with E-state index in [0.29, 0.717) is 5.56 Å². The lowest BCUT2D eigenvalue weighted by atomic mass is 9.87. The highest BCUT2D eigenvalue weighted by molar-refractivity contribution is 5.91. The van der Waals surface area contributed by atoms with Crippen LogP contribution in [0.3, 0.4) is 0 Å². The molecule has 3 nitrogen and oxygen atoms in total. The molecule has 1 heterocycles. The molecule has 0 spiro atoms. The molecule has 0 amide bonds. The summed E-state index contributed by atoms with van der Waals surface area (Å²) in [5, 5.41) is 0. The lowest BCUT2D eigenvalue weighted by molar-refractivity contribution is -0.138. The maximum Gasteiger partial charge on any atom is 0.417 e. The van der Waals surface area contributed by atoms with Gasteiger partial charge in [0.05, 0.1) is 18.2 Å². The molecule has 0 N–H and O–H groups in total. The molecule has 1 aromatic carbocycles. The monoisotopic (exact) mass is 301 g/mol. The molecule has 1 saturated heterocycles. The fourth-order valence-electron chi connectivity index (χ4n) is 2.68. The summed E-state index contributed by atoms with van der Waals surface area (Å²) in [4.78, 5) is 13.6. The second kappa shape index (κ2) is 6.05. The van der Waals surface area contributed by atoms with Crippen LogP contribution >= 0.6 is 0 Å². The van der Waals surface area contributed by atoms with Crippen molar-refractivity contribution in [1.29, 1.82) is 0 Å². The summed E-state index contributed by atoms with van der Waals surface area (Å²) in [6.07, 6.45) is -2.91. The number of esters is 1. The van der Waals surface area contributed by atoms with Gasteiger partial charge in [0.15, 0.2) is 0 Å². The number of methoxy groups -OCH3 is 1. The molecule has 1 fully saturated rings.